The molecule has 0 heterocycles. The lowest BCUT2D eigenvalue weighted by Gasteiger charge is -2.13. The van der Waals surface area contributed by atoms with Crippen LogP contribution in [0.3, 0.4) is 0 Å². The van der Waals surface area contributed by atoms with Gasteiger partial charge in [-0.15, -0.1) is 12.4 Å². The van der Waals surface area contributed by atoms with Gasteiger partial charge in [0, 0.05) is 6.54 Å². The molecule has 4 nitrogen and oxygen atoms in total. The SMILES string of the molecule is C[C@H](N)C(=O)NCC(O)c1cccc(F)c1.Cl. The molecule has 4 N–H and O–H groups in total. The number of nitrogens with two attached hydrogens (primary N) is 1. The molecular formula is C11H16ClFN2O2. The summed E-state index contributed by atoms with van der Waals surface area (Å²) in [5.41, 5.74) is 5.75. The molecular weight excluding hydrogens is 247 g/mol. The minimum absolute atomic E-state index is 0. The highest BCUT2D eigenvalue weighted by Crippen LogP contribution is 2.12. The number of aliphatic hydroxyl groups excluding tert-OH is 1. The van der Waals surface area contributed by atoms with Crippen molar-refractivity contribution in [2.75, 3.05) is 6.54 Å². The third kappa shape index (κ3) is 5.12. The van der Waals surface area contributed by atoms with E-state index in [1.54, 1.807) is 13.0 Å². The van der Waals surface area contributed by atoms with E-state index in [0.717, 1.165) is 0 Å². The van der Waals surface area contributed by atoms with Gasteiger partial charge in [0.2, 0.25) is 5.91 Å². The van der Waals surface area contributed by atoms with E-state index < -0.39 is 18.0 Å². The fraction of sp³-hybridized carbons (Fsp3) is 0.364. The zero-order chi connectivity index (χ0) is 12.1. The van der Waals surface area contributed by atoms with Gasteiger partial charge in [0.15, 0.2) is 0 Å². The van der Waals surface area contributed by atoms with Crippen LogP contribution in [-0.4, -0.2) is 23.6 Å². The molecule has 0 saturated carbocycles. The quantitative estimate of drug-likeness (QED) is 0.749. The summed E-state index contributed by atoms with van der Waals surface area (Å²) >= 11 is 0. The molecule has 1 unspecified atom stereocenters. The van der Waals surface area contributed by atoms with Crippen LogP contribution in [-0.2, 0) is 4.79 Å². The normalized spacial score (nSPS) is 13.4. The molecule has 0 saturated heterocycles. The van der Waals surface area contributed by atoms with Crippen LogP contribution in [0.4, 0.5) is 4.39 Å². The van der Waals surface area contributed by atoms with Crippen molar-refractivity contribution in [1.82, 2.24) is 5.32 Å². The third-order valence-electron chi connectivity index (χ3n) is 2.12. The molecule has 0 aromatic heterocycles. The second kappa shape index (κ2) is 7.21. The summed E-state index contributed by atoms with van der Waals surface area (Å²) in [5, 5.41) is 12.1. The van der Waals surface area contributed by atoms with Gasteiger partial charge in [0.1, 0.15) is 5.82 Å². The number of nitrogens with one attached hydrogen (secondary N) is 1. The van der Waals surface area contributed by atoms with Gasteiger partial charge in [0.25, 0.3) is 0 Å². The Labute approximate surface area is 105 Å². The maximum absolute atomic E-state index is 12.8. The fourth-order valence-electron chi connectivity index (χ4n) is 1.19. The fourth-order valence-corrected chi connectivity index (χ4v) is 1.19. The highest BCUT2D eigenvalue weighted by atomic mass is 35.5. The number of benzene rings is 1. The van der Waals surface area contributed by atoms with Crippen molar-refractivity contribution >= 4 is 18.3 Å². The molecule has 0 spiro atoms. The van der Waals surface area contributed by atoms with Crippen LogP contribution in [0.2, 0.25) is 0 Å². The highest BCUT2D eigenvalue weighted by Gasteiger charge is 2.12. The lowest BCUT2D eigenvalue weighted by molar-refractivity contribution is -0.122. The molecule has 1 aromatic rings. The molecule has 96 valence electrons. The molecule has 1 rings (SSSR count). The molecule has 1 aromatic carbocycles. The van der Waals surface area contributed by atoms with Gasteiger partial charge in [-0.1, -0.05) is 12.1 Å². The van der Waals surface area contributed by atoms with Crippen LogP contribution in [0, 0.1) is 5.82 Å². The lowest BCUT2D eigenvalue weighted by atomic mass is 10.1. The van der Waals surface area contributed by atoms with E-state index in [1.165, 1.54) is 18.2 Å². The molecule has 0 fully saturated rings. The minimum Gasteiger partial charge on any atom is -0.387 e. The van der Waals surface area contributed by atoms with Gasteiger partial charge in [-0.05, 0) is 24.6 Å². The van der Waals surface area contributed by atoms with Crippen LogP contribution < -0.4 is 11.1 Å². The largest absolute Gasteiger partial charge is 0.387 e. The molecule has 6 heteroatoms. The number of amides is 1. The number of carbonyl (C=O) groups excluding carboxylic acids is 1. The van der Waals surface area contributed by atoms with Crippen molar-refractivity contribution in [3.63, 3.8) is 0 Å². The zero-order valence-electron chi connectivity index (χ0n) is 9.39. The number of hydrogen-bond acceptors (Lipinski definition) is 3. The first-order valence-electron chi connectivity index (χ1n) is 4.97. The summed E-state index contributed by atoms with van der Waals surface area (Å²) in [6.07, 6.45) is -0.932. The molecule has 17 heavy (non-hydrogen) atoms. The summed E-state index contributed by atoms with van der Waals surface area (Å²) in [5.74, 6) is -0.773. The molecule has 0 aliphatic rings. The van der Waals surface area contributed by atoms with E-state index in [9.17, 15) is 14.3 Å². The summed E-state index contributed by atoms with van der Waals surface area (Å²) in [6.45, 7) is 1.56. The zero-order valence-corrected chi connectivity index (χ0v) is 10.2. The summed E-state index contributed by atoms with van der Waals surface area (Å²) in [6, 6.07) is 4.98. The summed E-state index contributed by atoms with van der Waals surface area (Å²) in [7, 11) is 0. The molecule has 0 bridgehead atoms. The Bertz CT molecular complexity index is 374. The average molecular weight is 263 g/mol. The molecule has 2 atom stereocenters. The van der Waals surface area contributed by atoms with Crippen LogP contribution >= 0.6 is 12.4 Å². The Balaban J connectivity index is 0.00000256. The second-order valence-electron chi connectivity index (χ2n) is 3.60. The van der Waals surface area contributed by atoms with Crippen molar-refractivity contribution in [1.29, 1.82) is 0 Å². The van der Waals surface area contributed by atoms with E-state index in [4.69, 9.17) is 5.73 Å². The Hall–Kier alpha value is -1.17. The Morgan fingerprint density at radius 1 is 1.59 bits per heavy atom. The van der Waals surface area contributed by atoms with E-state index in [2.05, 4.69) is 5.32 Å². The second-order valence-corrected chi connectivity index (χ2v) is 3.60. The first kappa shape index (κ1) is 15.8. The Morgan fingerprint density at radius 3 is 2.76 bits per heavy atom. The monoisotopic (exact) mass is 262 g/mol. The van der Waals surface area contributed by atoms with E-state index in [-0.39, 0.29) is 24.9 Å². The Kier molecular flexibility index (Phi) is 6.72. The number of halogens is 2. The molecule has 0 aliphatic carbocycles. The first-order chi connectivity index (χ1) is 7.50. The smallest absolute Gasteiger partial charge is 0.236 e. The maximum atomic E-state index is 12.8. The van der Waals surface area contributed by atoms with E-state index in [0.29, 0.717) is 5.56 Å². The van der Waals surface area contributed by atoms with Gasteiger partial charge in [-0.25, -0.2) is 4.39 Å². The predicted molar refractivity (Wildman–Crippen MR) is 65.3 cm³/mol. The number of hydrogen-bond donors (Lipinski definition) is 3. The molecule has 1 amide bonds. The van der Waals surface area contributed by atoms with Gasteiger partial charge >= 0.3 is 0 Å². The van der Waals surface area contributed by atoms with Gasteiger partial charge in [-0.2, -0.15) is 0 Å². The van der Waals surface area contributed by atoms with Crippen molar-refractivity contribution < 1.29 is 14.3 Å². The van der Waals surface area contributed by atoms with E-state index in [1.807, 2.05) is 0 Å². The third-order valence-corrected chi connectivity index (χ3v) is 2.12. The lowest BCUT2D eigenvalue weighted by Crippen LogP contribution is -2.40. The van der Waals surface area contributed by atoms with Crippen LogP contribution in [0.5, 0.6) is 0 Å². The van der Waals surface area contributed by atoms with Crippen molar-refractivity contribution in [2.24, 2.45) is 5.73 Å². The number of carbonyl (C=O) groups is 1. The van der Waals surface area contributed by atoms with Crippen molar-refractivity contribution in [3.8, 4) is 0 Å². The van der Waals surface area contributed by atoms with Gasteiger partial charge < -0.3 is 16.2 Å². The van der Waals surface area contributed by atoms with Gasteiger partial charge in [-0.3, -0.25) is 4.79 Å². The first-order valence-corrected chi connectivity index (χ1v) is 4.97. The topological polar surface area (TPSA) is 75.4 Å². The summed E-state index contributed by atoms with van der Waals surface area (Å²) < 4.78 is 12.8. The maximum Gasteiger partial charge on any atom is 0.236 e. The number of aliphatic hydroxyl groups is 1. The Morgan fingerprint density at radius 2 is 2.24 bits per heavy atom. The van der Waals surface area contributed by atoms with E-state index >= 15 is 0 Å². The summed E-state index contributed by atoms with van der Waals surface area (Å²) in [4.78, 5) is 11.1. The minimum atomic E-state index is -0.932. The highest BCUT2D eigenvalue weighted by molar-refractivity contribution is 5.85. The molecule has 0 radical (unpaired) electrons. The van der Waals surface area contributed by atoms with Crippen LogP contribution in [0.25, 0.3) is 0 Å². The standard InChI is InChI=1S/C11H15FN2O2.ClH/c1-7(13)11(16)14-6-10(15)8-3-2-4-9(12)5-8;/h2-5,7,10,15H,6,13H2,1H3,(H,14,16);1H/t7-,10?;/m0./s1. The average Bonchev–Trinajstić information content (AvgIpc) is 2.25. The van der Waals surface area contributed by atoms with Gasteiger partial charge in [0.05, 0.1) is 12.1 Å². The predicted octanol–water partition coefficient (Wildman–Crippen LogP) is 0.744. The number of rotatable bonds is 4. The van der Waals surface area contributed by atoms with Crippen LogP contribution in [0.1, 0.15) is 18.6 Å². The molecule has 0 aliphatic heterocycles. The van der Waals surface area contributed by atoms with Crippen LogP contribution in [0.15, 0.2) is 24.3 Å². The van der Waals surface area contributed by atoms with Crippen molar-refractivity contribution in [3.05, 3.63) is 35.6 Å². The van der Waals surface area contributed by atoms with Crippen molar-refractivity contribution in [2.45, 2.75) is 19.1 Å².